The summed E-state index contributed by atoms with van der Waals surface area (Å²) in [5.74, 6) is -0.203. The van der Waals surface area contributed by atoms with Crippen LogP contribution in [0.3, 0.4) is 0 Å². The Kier molecular flexibility index (Phi) is 3.32. The molecule has 1 nitrogen and oxygen atoms in total. The molecule has 0 heterocycles. The molecule has 0 atom stereocenters. The summed E-state index contributed by atoms with van der Waals surface area (Å²) in [6.07, 6.45) is 0. The van der Waals surface area contributed by atoms with Gasteiger partial charge in [-0.05, 0) is 17.2 Å². The Morgan fingerprint density at radius 1 is 0.938 bits per heavy atom. The van der Waals surface area contributed by atoms with Gasteiger partial charge < -0.3 is 4.74 Å². The quantitative estimate of drug-likeness (QED) is 0.761. The summed E-state index contributed by atoms with van der Waals surface area (Å²) in [5.41, 5.74) is 2.51. The summed E-state index contributed by atoms with van der Waals surface area (Å²) in [6, 6.07) is 14.5. The van der Waals surface area contributed by atoms with Crippen LogP contribution in [-0.2, 0) is 11.3 Å². The van der Waals surface area contributed by atoms with E-state index < -0.39 is 0 Å². The summed E-state index contributed by atoms with van der Waals surface area (Å²) < 4.78 is 18.8. The van der Waals surface area contributed by atoms with Crippen molar-refractivity contribution >= 4 is 0 Å². The minimum absolute atomic E-state index is 0.203. The van der Waals surface area contributed by atoms with Gasteiger partial charge in [-0.1, -0.05) is 42.5 Å². The fourth-order valence-electron chi connectivity index (χ4n) is 1.74. The fourth-order valence-corrected chi connectivity index (χ4v) is 1.74. The average Bonchev–Trinajstić information content (AvgIpc) is 2.31. The molecule has 2 aromatic rings. The van der Waals surface area contributed by atoms with Gasteiger partial charge in [0.15, 0.2) is 0 Å². The van der Waals surface area contributed by atoms with Crippen LogP contribution in [-0.4, -0.2) is 7.11 Å². The van der Waals surface area contributed by atoms with Gasteiger partial charge in [-0.2, -0.15) is 0 Å². The Labute approximate surface area is 94.5 Å². The number of rotatable bonds is 3. The highest BCUT2D eigenvalue weighted by Crippen LogP contribution is 2.26. The highest BCUT2D eigenvalue weighted by atomic mass is 19.1. The van der Waals surface area contributed by atoms with E-state index in [1.165, 1.54) is 6.07 Å². The number of halogens is 1. The van der Waals surface area contributed by atoms with Crippen LogP contribution < -0.4 is 0 Å². The normalized spacial score (nSPS) is 10.4. The van der Waals surface area contributed by atoms with Crippen LogP contribution in [0.2, 0.25) is 0 Å². The molecule has 0 saturated carbocycles. The van der Waals surface area contributed by atoms with E-state index in [-0.39, 0.29) is 5.82 Å². The van der Waals surface area contributed by atoms with Crippen molar-refractivity contribution in [2.45, 2.75) is 6.61 Å². The fraction of sp³-hybridized carbons (Fsp3) is 0.143. The molecule has 2 heteroatoms. The van der Waals surface area contributed by atoms with Crippen molar-refractivity contribution in [1.82, 2.24) is 0 Å². The van der Waals surface area contributed by atoms with Crippen molar-refractivity contribution in [3.05, 3.63) is 59.9 Å². The van der Waals surface area contributed by atoms with Gasteiger partial charge in [0.05, 0.1) is 6.61 Å². The zero-order chi connectivity index (χ0) is 11.4. The van der Waals surface area contributed by atoms with Crippen molar-refractivity contribution in [2.24, 2.45) is 0 Å². The van der Waals surface area contributed by atoms with E-state index in [1.807, 2.05) is 30.3 Å². The largest absolute Gasteiger partial charge is 0.380 e. The first-order valence-electron chi connectivity index (χ1n) is 5.14. The predicted octanol–water partition coefficient (Wildman–Crippen LogP) is 3.64. The molecule has 16 heavy (non-hydrogen) atoms. The maximum Gasteiger partial charge on any atom is 0.131 e. The van der Waals surface area contributed by atoms with E-state index in [4.69, 9.17) is 4.74 Å². The molecule has 0 fully saturated rings. The minimum Gasteiger partial charge on any atom is -0.380 e. The van der Waals surface area contributed by atoms with Crippen LogP contribution in [0, 0.1) is 5.82 Å². The standard InChI is InChI=1S/C14H13FO/c1-16-10-11-6-2-3-7-12(11)13-8-4-5-9-14(13)15/h2-9H,10H2,1H3. The van der Waals surface area contributed by atoms with E-state index in [0.717, 1.165) is 11.1 Å². The SMILES string of the molecule is COCc1ccccc1-c1ccccc1F. The van der Waals surface area contributed by atoms with Gasteiger partial charge in [-0.3, -0.25) is 0 Å². The van der Waals surface area contributed by atoms with E-state index in [2.05, 4.69) is 0 Å². The summed E-state index contributed by atoms with van der Waals surface area (Å²) in [6.45, 7) is 0.491. The molecular formula is C14H13FO. The molecule has 0 aliphatic rings. The van der Waals surface area contributed by atoms with Gasteiger partial charge in [-0.15, -0.1) is 0 Å². The Morgan fingerprint density at radius 2 is 1.56 bits per heavy atom. The lowest BCUT2D eigenvalue weighted by atomic mass is 10.00. The van der Waals surface area contributed by atoms with E-state index in [0.29, 0.717) is 12.2 Å². The second kappa shape index (κ2) is 4.90. The van der Waals surface area contributed by atoms with Crippen LogP contribution in [0.1, 0.15) is 5.56 Å². The van der Waals surface area contributed by atoms with E-state index >= 15 is 0 Å². The molecule has 0 unspecified atom stereocenters. The first-order chi connectivity index (χ1) is 7.83. The molecule has 2 aromatic carbocycles. The second-order valence-corrected chi connectivity index (χ2v) is 3.57. The number of ether oxygens (including phenoxy) is 1. The Morgan fingerprint density at radius 3 is 2.25 bits per heavy atom. The van der Waals surface area contributed by atoms with Gasteiger partial charge in [0.25, 0.3) is 0 Å². The average molecular weight is 216 g/mol. The van der Waals surface area contributed by atoms with Crippen LogP contribution in [0.5, 0.6) is 0 Å². The molecule has 0 aliphatic carbocycles. The Balaban J connectivity index is 2.51. The zero-order valence-corrected chi connectivity index (χ0v) is 9.11. The van der Waals surface area contributed by atoms with Crippen molar-refractivity contribution in [2.75, 3.05) is 7.11 Å². The third-order valence-electron chi connectivity index (χ3n) is 2.48. The summed E-state index contributed by atoms with van der Waals surface area (Å²) >= 11 is 0. The van der Waals surface area contributed by atoms with Gasteiger partial charge in [0.1, 0.15) is 5.82 Å². The monoisotopic (exact) mass is 216 g/mol. The third-order valence-corrected chi connectivity index (χ3v) is 2.48. The highest BCUT2D eigenvalue weighted by molar-refractivity contribution is 5.67. The van der Waals surface area contributed by atoms with Crippen molar-refractivity contribution in [3.63, 3.8) is 0 Å². The summed E-state index contributed by atoms with van der Waals surface area (Å²) in [4.78, 5) is 0. The lowest BCUT2D eigenvalue weighted by Gasteiger charge is -2.09. The summed E-state index contributed by atoms with van der Waals surface area (Å²) in [5, 5.41) is 0. The molecule has 0 saturated heterocycles. The van der Waals surface area contributed by atoms with Crippen LogP contribution in [0.15, 0.2) is 48.5 Å². The van der Waals surface area contributed by atoms with Gasteiger partial charge in [0, 0.05) is 12.7 Å². The lowest BCUT2D eigenvalue weighted by Crippen LogP contribution is -1.93. The number of benzene rings is 2. The Hall–Kier alpha value is -1.67. The number of hydrogen-bond donors (Lipinski definition) is 0. The maximum atomic E-state index is 13.7. The first-order valence-corrected chi connectivity index (χ1v) is 5.14. The molecule has 82 valence electrons. The maximum absolute atomic E-state index is 13.7. The topological polar surface area (TPSA) is 9.23 Å². The first kappa shape index (κ1) is 10.8. The number of methoxy groups -OCH3 is 1. The predicted molar refractivity (Wildman–Crippen MR) is 62.5 cm³/mol. The molecule has 0 spiro atoms. The van der Waals surface area contributed by atoms with Crippen molar-refractivity contribution in [1.29, 1.82) is 0 Å². The third kappa shape index (κ3) is 2.12. The second-order valence-electron chi connectivity index (χ2n) is 3.57. The molecular weight excluding hydrogens is 203 g/mol. The zero-order valence-electron chi connectivity index (χ0n) is 9.11. The lowest BCUT2D eigenvalue weighted by molar-refractivity contribution is 0.185. The molecule has 2 rings (SSSR count). The van der Waals surface area contributed by atoms with Crippen LogP contribution >= 0.6 is 0 Å². The molecule has 0 N–H and O–H groups in total. The van der Waals surface area contributed by atoms with Gasteiger partial charge in [0.2, 0.25) is 0 Å². The Bertz CT molecular complexity index is 480. The molecule has 0 aliphatic heterocycles. The molecule has 0 amide bonds. The van der Waals surface area contributed by atoms with Crippen LogP contribution in [0.25, 0.3) is 11.1 Å². The molecule has 0 bridgehead atoms. The van der Waals surface area contributed by atoms with Gasteiger partial charge in [-0.25, -0.2) is 4.39 Å². The number of hydrogen-bond acceptors (Lipinski definition) is 1. The molecule has 0 radical (unpaired) electrons. The van der Waals surface area contributed by atoms with Crippen molar-refractivity contribution in [3.8, 4) is 11.1 Å². The van der Waals surface area contributed by atoms with E-state index in [1.54, 1.807) is 19.2 Å². The van der Waals surface area contributed by atoms with Gasteiger partial charge >= 0.3 is 0 Å². The van der Waals surface area contributed by atoms with E-state index in [9.17, 15) is 4.39 Å². The smallest absolute Gasteiger partial charge is 0.131 e. The highest BCUT2D eigenvalue weighted by Gasteiger charge is 2.07. The summed E-state index contributed by atoms with van der Waals surface area (Å²) in [7, 11) is 1.64. The van der Waals surface area contributed by atoms with Crippen LogP contribution in [0.4, 0.5) is 4.39 Å². The molecule has 0 aromatic heterocycles. The van der Waals surface area contributed by atoms with Crippen molar-refractivity contribution < 1.29 is 9.13 Å². The minimum atomic E-state index is -0.203.